The van der Waals surface area contributed by atoms with E-state index in [2.05, 4.69) is 10.2 Å². The largest absolute Gasteiger partial charge is 0.478 e. The van der Waals surface area contributed by atoms with Crippen molar-refractivity contribution in [2.75, 3.05) is 0 Å². The van der Waals surface area contributed by atoms with Crippen molar-refractivity contribution in [3.05, 3.63) is 35.1 Å². The normalized spacial score (nSPS) is 10.3. The van der Waals surface area contributed by atoms with Gasteiger partial charge in [0, 0.05) is 4.90 Å². The minimum absolute atomic E-state index is 0.338. The average Bonchev–Trinajstić information content (AvgIpc) is 2.73. The van der Waals surface area contributed by atoms with Crippen LogP contribution in [0, 0.1) is 5.82 Å². The summed E-state index contributed by atoms with van der Waals surface area (Å²) in [5.41, 5.74) is 1.23. The van der Waals surface area contributed by atoms with E-state index in [-0.39, 0.29) is 5.56 Å². The van der Waals surface area contributed by atoms with Crippen molar-refractivity contribution in [2.45, 2.75) is 9.24 Å². The second-order valence-electron chi connectivity index (χ2n) is 2.75. The van der Waals surface area contributed by atoms with Gasteiger partial charge in [-0.3, -0.25) is 0 Å². The van der Waals surface area contributed by atoms with Gasteiger partial charge in [-0.25, -0.2) is 9.18 Å². The van der Waals surface area contributed by atoms with Crippen LogP contribution >= 0.6 is 23.1 Å². The monoisotopic (exact) mass is 256 g/mol. The van der Waals surface area contributed by atoms with E-state index in [4.69, 9.17) is 5.11 Å². The first kappa shape index (κ1) is 11.0. The van der Waals surface area contributed by atoms with Gasteiger partial charge in [0.1, 0.15) is 11.3 Å². The van der Waals surface area contributed by atoms with Gasteiger partial charge in [-0.05, 0) is 18.2 Å². The van der Waals surface area contributed by atoms with Crippen LogP contribution in [0.4, 0.5) is 4.39 Å². The molecule has 0 atom stereocenters. The molecule has 0 fully saturated rings. The molecule has 16 heavy (non-hydrogen) atoms. The highest BCUT2D eigenvalue weighted by atomic mass is 32.2. The molecule has 0 aliphatic heterocycles. The Bertz CT molecular complexity index is 516. The molecule has 0 aliphatic rings. The summed E-state index contributed by atoms with van der Waals surface area (Å²) < 4.78 is 13.8. The Morgan fingerprint density at radius 3 is 2.94 bits per heavy atom. The number of rotatable bonds is 3. The molecule has 1 N–H and O–H groups in total. The summed E-state index contributed by atoms with van der Waals surface area (Å²) in [5, 5.41) is 16.2. The molecule has 7 heteroatoms. The van der Waals surface area contributed by atoms with Gasteiger partial charge >= 0.3 is 5.97 Å². The lowest BCUT2D eigenvalue weighted by molar-refractivity contribution is 0.0691. The van der Waals surface area contributed by atoms with Gasteiger partial charge in [-0.2, -0.15) is 0 Å². The molecule has 0 unspecified atom stereocenters. The van der Waals surface area contributed by atoms with Crippen molar-refractivity contribution in [2.24, 2.45) is 0 Å². The van der Waals surface area contributed by atoms with E-state index in [9.17, 15) is 9.18 Å². The number of halogens is 1. The first-order chi connectivity index (χ1) is 7.66. The Morgan fingerprint density at radius 1 is 1.50 bits per heavy atom. The number of carbonyl (C=O) groups is 1. The lowest BCUT2D eigenvalue weighted by atomic mass is 10.2. The van der Waals surface area contributed by atoms with Gasteiger partial charge in [0.05, 0.1) is 5.56 Å². The van der Waals surface area contributed by atoms with Gasteiger partial charge in [-0.1, -0.05) is 23.1 Å². The molecule has 0 bridgehead atoms. The molecule has 0 amide bonds. The third-order valence-electron chi connectivity index (χ3n) is 1.71. The third-order valence-corrected chi connectivity index (χ3v) is 3.48. The lowest BCUT2D eigenvalue weighted by Gasteiger charge is -2.00. The summed E-state index contributed by atoms with van der Waals surface area (Å²) in [5.74, 6) is -2.02. The molecular formula is C9H5FN2O2S2. The number of aromatic nitrogens is 2. The van der Waals surface area contributed by atoms with Crippen molar-refractivity contribution in [1.29, 1.82) is 0 Å². The SMILES string of the molecule is O=C(O)c1cc(Sc2nncs2)ccc1F. The molecule has 0 aliphatic carbocycles. The molecule has 82 valence electrons. The van der Waals surface area contributed by atoms with Crippen molar-refractivity contribution in [3.8, 4) is 0 Å². The molecule has 1 aromatic heterocycles. The van der Waals surface area contributed by atoms with E-state index >= 15 is 0 Å². The fraction of sp³-hybridized carbons (Fsp3) is 0. The van der Waals surface area contributed by atoms with Crippen molar-refractivity contribution in [3.63, 3.8) is 0 Å². The lowest BCUT2D eigenvalue weighted by Crippen LogP contribution is -2.00. The number of carboxylic acid groups (broad SMARTS) is 1. The van der Waals surface area contributed by atoms with E-state index in [1.807, 2.05) is 0 Å². The third kappa shape index (κ3) is 2.37. The zero-order valence-corrected chi connectivity index (χ0v) is 9.39. The number of carboxylic acids is 1. The van der Waals surface area contributed by atoms with Gasteiger partial charge < -0.3 is 5.11 Å². The van der Waals surface area contributed by atoms with Gasteiger partial charge in [0.2, 0.25) is 0 Å². The zero-order chi connectivity index (χ0) is 11.5. The van der Waals surface area contributed by atoms with Crippen molar-refractivity contribution < 1.29 is 14.3 Å². The highest BCUT2D eigenvalue weighted by Gasteiger charge is 2.11. The van der Waals surface area contributed by atoms with Gasteiger partial charge in [-0.15, -0.1) is 10.2 Å². The maximum Gasteiger partial charge on any atom is 0.338 e. The van der Waals surface area contributed by atoms with Gasteiger partial charge in [0.25, 0.3) is 0 Å². The van der Waals surface area contributed by atoms with Crippen LogP contribution in [0.3, 0.4) is 0 Å². The smallest absolute Gasteiger partial charge is 0.338 e. The molecule has 0 saturated carbocycles. The Morgan fingerprint density at radius 2 is 2.31 bits per heavy atom. The quantitative estimate of drug-likeness (QED) is 0.914. The predicted octanol–water partition coefficient (Wildman–Crippen LogP) is 2.53. The summed E-state index contributed by atoms with van der Waals surface area (Å²) in [6.45, 7) is 0. The number of aromatic carboxylic acids is 1. The second kappa shape index (κ2) is 4.58. The molecular weight excluding hydrogens is 251 g/mol. The fourth-order valence-corrected chi connectivity index (χ4v) is 2.53. The van der Waals surface area contributed by atoms with Crippen molar-refractivity contribution >= 4 is 29.1 Å². The Balaban J connectivity index is 2.29. The first-order valence-corrected chi connectivity index (χ1v) is 5.83. The predicted molar refractivity (Wildman–Crippen MR) is 57.4 cm³/mol. The summed E-state index contributed by atoms with van der Waals surface area (Å²) in [6, 6.07) is 3.92. The van der Waals surface area contributed by atoms with E-state index < -0.39 is 11.8 Å². The summed E-state index contributed by atoms with van der Waals surface area (Å²) in [6.07, 6.45) is 0. The molecule has 1 heterocycles. The topological polar surface area (TPSA) is 63.1 Å². The highest BCUT2D eigenvalue weighted by Crippen LogP contribution is 2.29. The Kier molecular flexibility index (Phi) is 3.16. The maximum atomic E-state index is 13.1. The van der Waals surface area contributed by atoms with E-state index in [1.54, 1.807) is 5.51 Å². The van der Waals surface area contributed by atoms with E-state index in [1.165, 1.54) is 35.2 Å². The molecule has 0 spiro atoms. The van der Waals surface area contributed by atoms with Gasteiger partial charge in [0.15, 0.2) is 4.34 Å². The highest BCUT2D eigenvalue weighted by molar-refractivity contribution is 8.01. The molecule has 4 nitrogen and oxygen atoms in total. The van der Waals surface area contributed by atoms with Crippen LogP contribution in [0.15, 0.2) is 32.9 Å². The number of hydrogen-bond acceptors (Lipinski definition) is 5. The van der Waals surface area contributed by atoms with Crippen LogP contribution in [0.1, 0.15) is 10.4 Å². The standard InChI is InChI=1S/C9H5FN2O2S2/c10-7-2-1-5(3-6(7)8(13)14)16-9-12-11-4-15-9/h1-4H,(H,13,14). The van der Waals surface area contributed by atoms with E-state index in [0.29, 0.717) is 9.24 Å². The minimum Gasteiger partial charge on any atom is -0.478 e. The summed E-state index contributed by atoms with van der Waals surface area (Å²) in [7, 11) is 0. The molecule has 0 saturated heterocycles. The molecule has 2 rings (SSSR count). The average molecular weight is 256 g/mol. The summed E-state index contributed by atoms with van der Waals surface area (Å²) >= 11 is 2.59. The number of nitrogens with zero attached hydrogens (tertiary/aromatic N) is 2. The molecule has 0 radical (unpaired) electrons. The molecule has 2 aromatic rings. The zero-order valence-electron chi connectivity index (χ0n) is 7.75. The van der Waals surface area contributed by atoms with Crippen LogP contribution in [0.2, 0.25) is 0 Å². The molecule has 1 aromatic carbocycles. The van der Waals surface area contributed by atoms with Crippen LogP contribution in [0.5, 0.6) is 0 Å². The summed E-state index contributed by atoms with van der Waals surface area (Å²) in [4.78, 5) is 11.3. The van der Waals surface area contributed by atoms with E-state index in [0.717, 1.165) is 6.07 Å². The first-order valence-electron chi connectivity index (χ1n) is 4.13. The Hall–Kier alpha value is -1.47. The fourth-order valence-electron chi connectivity index (χ4n) is 1.04. The second-order valence-corrected chi connectivity index (χ2v) is 4.91. The van der Waals surface area contributed by atoms with Crippen LogP contribution in [-0.4, -0.2) is 21.3 Å². The van der Waals surface area contributed by atoms with Crippen LogP contribution < -0.4 is 0 Å². The van der Waals surface area contributed by atoms with Crippen molar-refractivity contribution in [1.82, 2.24) is 10.2 Å². The Labute approximate surface area is 98.1 Å². The minimum atomic E-state index is -1.28. The number of benzene rings is 1. The maximum absolute atomic E-state index is 13.1. The number of hydrogen-bond donors (Lipinski definition) is 1. The van der Waals surface area contributed by atoms with Crippen LogP contribution in [0.25, 0.3) is 0 Å². The van der Waals surface area contributed by atoms with Crippen LogP contribution in [-0.2, 0) is 0 Å².